The van der Waals surface area contributed by atoms with Crippen LogP contribution in [0.1, 0.15) is 0 Å². The van der Waals surface area contributed by atoms with E-state index in [1.54, 1.807) is 0 Å². The van der Waals surface area contributed by atoms with Gasteiger partial charge >= 0.3 is 0 Å². The van der Waals surface area contributed by atoms with Crippen LogP contribution in [0.15, 0.2) is 170 Å². The molecule has 0 saturated carbocycles. The highest BCUT2D eigenvalue weighted by Gasteiger charge is 2.23. The molecular weight excluding hydrogens is 669 g/mol. The molecule has 4 aromatic heterocycles. The van der Waals surface area contributed by atoms with Crippen LogP contribution in [0.25, 0.3) is 98.8 Å². The first-order chi connectivity index (χ1) is 26.3. The second-order valence-electron chi connectivity index (χ2n) is 13.1. The second-order valence-corrected chi connectivity index (χ2v) is 14.2. The van der Waals surface area contributed by atoms with E-state index in [0.29, 0.717) is 17.6 Å². The van der Waals surface area contributed by atoms with Gasteiger partial charge in [0.1, 0.15) is 5.82 Å². The summed E-state index contributed by atoms with van der Waals surface area (Å²) < 4.78 is 6.96. The van der Waals surface area contributed by atoms with Gasteiger partial charge in [-0.05, 0) is 36.4 Å². The van der Waals surface area contributed by atoms with Gasteiger partial charge in [0.25, 0.3) is 0 Å². The summed E-state index contributed by atoms with van der Waals surface area (Å²) in [6.45, 7) is 0. The van der Waals surface area contributed by atoms with Gasteiger partial charge in [0.2, 0.25) is 5.95 Å². The molecule has 0 spiro atoms. The second kappa shape index (κ2) is 11.8. The number of nitrogens with zero attached hydrogens (tertiary/aromatic N) is 6. The average molecular weight is 697 g/mol. The molecule has 248 valence electrons. The summed E-state index contributed by atoms with van der Waals surface area (Å²) in [5, 5.41) is 4.70. The molecule has 6 nitrogen and oxygen atoms in total. The molecule has 0 amide bonds. The maximum absolute atomic E-state index is 5.23. The van der Waals surface area contributed by atoms with Crippen LogP contribution in [0.5, 0.6) is 0 Å². The minimum Gasteiger partial charge on any atom is -0.292 e. The van der Waals surface area contributed by atoms with Crippen LogP contribution < -0.4 is 0 Å². The van der Waals surface area contributed by atoms with Gasteiger partial charge in [0.15, 0.2) is 11.6 Å². The quantitative estimate of drug-likeness (QED) is 0.180. The lowest BCUT2D eigenvalue weighted by Crippen LogP contribution is -2.06. The zero-order valence-electron chi connectivity index (χ0n) is 28.3. The molecule has 11 rings (SSSR count). The number of fused-ring (bicyclic) bond motifs is 8. The van der Waals surface area contributed by atoms with E-state index >= 15 is 0 Å². The van der Waals surface area contributed by atoms with Crippen LogP contribution >= 0.6 is 11.3 Å². The molecule has 0 unspecified atom stereocenters. The lowest BCUT2D eigenvalue weighted by atomic mass is 10.1. The van der Waals surface area contributed by atoms with Crippen molar-refractivity contribution in [3.8, 4) is 45.8 Å². The smallest absolute Gasteiger partial charge is 0.238 e. The standard InChI is InChI=1S/C46H28N6S/c1-4-14-29(15-5-1)43-48-44(30-16-6-2-7-17-30)50-46(49-43)52-38-27-24-32(51-39-22-12-11-21-37(39)47-45(51)31-18-8-3-9-19-31)28-36(38)34-25-26-35-33-20-10-13-23-40(33)53-42(35)41(34)52/h1-28H. The Balaban J connectivity index is 1.25. The Morgan fingerprint density at radius 2 is 1.04 bits per heavy atom. The summed E-state index contributed by atoms with van der Waals surface area (Å²) in [5.41, 5.74) is 8.07. The Bertz CT molecular complexity index is 3100. The lowest BCUT2D eigenvalue weighted by molar-refractivity contribution is 0.955. The predicted molar refractivity (Wildman–Crippen MR) is 218 cm³/mol. The fourth-order valence-electron chi connectivity index (χ4n) is 7.58. The van der Waals surface area contributed by atoms with Crippen LogP contribution in [-0.2, 0) is 0 Å². The molecule has 11 aromatic rings. The summed E-state index contributed by atoms with van der Waals surface area (Å²) in [7, 11) is 0. The normalized spacial score (nSPS) is 11.8. The van der Waals surface area contributed by atoms with E-state index in [4.69, 9.17) is 19.9 Å². The van der Waals surface area contributed by atoms with Crippen LogP contribution in [0.3, 0.4) is 0 Å². The molecule has 7 heteroatoms. The molecule has 0 atom stereocenters. The Morgan fingerprint density at radius 3 is 1.77 bits per heavy atom. The zero-order chi connectivity index (χ0) is 34.9. The number of benzene rings is 7. The highest BCUT2D eigenvalue weighted by molar-refractivity contribution is 7.26. The van der Waals surface area contributed by atoms with Crippen LogP contribution in [0.4, 0.5) is 0 Å². The molecule has 0 aliphatic rings. The van der Waals surface area contributed by atoms with Gasteiger partial charge in [0.05, 0.1) is 26.8 Å². The minimum absolute atomic E-state index is 0.577. The number of rotatable bonds is 5. The monoisotopic (exact) mass is 696 g/mol. The third-order valence-corrected chi connectivity index (χ3v) is 11.2. The van der Waals surface area contributed by atoms with E-state index in [2.05, 4.69) is 130 Å². The van der Waals surface area contributed by atoms with Crippen molar-refractivity contribution in [1.82, 2.24) is 29.1 Å². The predicted octanol–water partition coefficient (Wildman–Crippen LogP) is 11.7. The summed E-state index contributed by atoms with van der Waals surface area (Å²) >= 11 is 1.81. The number of imidazole rings is 1. The number of hydrogen-bond acceptors (Lipinski definition) is 5. The van der Waals surface area contributed by atoms with Crippen LogP contribution in [0, 0.1) is 0 Å². The van der Waals surface area contributed by atoms with Gasteiger partial charge in [-0.25, -0.2) is 9.97 Å². The van der Waals surface area contributed by atoms with Crippen molar-refractivity contribution in [2.24, 2.45) is 0 Å². The van der Waals surface area contributed by atoms with Gasteiger partial charge in [-0.15, -0.1) is 11.3 Å². The molecule has 0 N–H and O–H groups in total. The van der Waals surface area contributed by atoms with Gasteiger partial charge in [-0.1, -0.05) is 133 Å². The van der Waals surface area contributed by atoms with E-state index in [1.165, 1.54) is 20.2 Å². The van der Waals surface area contributed by atoms with Gasteiger partial charge < -0.3 is 0 Å². The highest BCUT2D eigenvalue weighted by atomic mass is 32.1. The maximum Gasteiger partial charge on any atom is 0.238 e. The molecule has 0 saturated heterocycles. The maximum atomic E-state index is 5.23. The fourth-order valence-corrected chi connectivity index (χ4v) is 8.82. The van der Waals surface area contributed by atoms with Crippen LogP contribution in [0.2, 0.25) is 0 Å². The molecule has 53 heavy (non-hydrogen) atoms. The fraction of sp³-hybridized carbons (Fsp3) is 0. The van der Waals surface area contributed by atoms with E-state index in [9.17, 15) is 0 Å². The largest absolute Gasteiger partial charge is 0.292 e. The van der Waals surface area contributed by atoms with Crippen molar-refractivity contribution in [1.29, 1.82) is 0 Å². The van der Waals surface area contributed by atoms with E-state index in [1.807, 2.05) is 59.9 Å². The van der Waals surface area contributed by atoms with Crippen molar-refractivity contribution in [3.05, 3.63) is 170 Å². The van der Waals surface area contributed by atoms with Gasteiger partial charge in [-0.3, -0.25) is 9.13 Å². The first kappa shape index (κ1) is 29.7. The third kappa shape index (κ3) is 4.71. The van der Waals surface area contributed by atoms with Gasteiger partial charge in [0, 0.05) is 48.6 Å². The third-order valence-electron chi connectivity index (χ3n) is 9.99. The van der Waals surface area contributed by atoms with E-state index in [-0.39, 0.29) is 0 Å². The van der Waals surface area contributed by atoms with Crippen molar-refractivity contribution in [2.45, 2.75) is 0 Å². The molecule has 0 radical (unpaired) electrons. The number of hydrogen-bond donors (Lipinski definition) is 0. The van der Waals surface area contributed by atoms with Crippen molar-refractivity contribution >= 4 is 64.3 Å². The number of aromatic nitrogens is 6. The Labute approximate surface area is 307 Å². The van der Waals surface area contributed by atoms with Crippen molar-refractivity contribution in [3.63, 3.8) is 0 Å². The van der Waals surface area contributed by atoms with Gasteiger partial charge in [-0.2, -0.15) is 9.97 Å². The SMILES string of the molecule is c1ccc(-c2nc(-c3ccccc3)nc(-n3c4ccc(-n5c(-c6ccccc6)nc6ccccc65)cc4c4ccc5c6ccccc6sc5c43)n2)cc1. The molecule has 0 aliphatic carbocycles. The Kier molecular flexibility index (Phi) is 6.62. The van der Waals surface area contributed by atoms with Crippen molar-refractivity contribution in [2.75, 3.05) is 0 Å². The molecule has 0 aliphatic heterocycles. The Morgan fingerprint density at radius 1 is 0.415 bits per heavy atom. The number of thiophene rings is 1. The summed E-state index contributed by atoms with van der Waals surface area (Å²) in [6, 6.07) is 59.0. The zero-order valence-corrected chi connectivity index (χ0v) is 29.1. The molecule has 4 heterocycles. The molecule has 7 aromatic carbocycles. The summed E-state index contributed by atoms with van der Waals surface area (Å²) in [6.07, 6.45) is 0. The minimum atomic E-state index is 0.577. The first-order valence-corrected chi connectivity index (χ1v) is 18.4. The molecular formula is C46H28N6S. The van der Waals surface area contributed by atoms with Crippen molar-refractivity contribution < 1.29 is 0 Å². The Hall–Kier alpha value is -6.96. The molecule has 0 bridgehead atoms. The molecule has 0 fully saturated rings. The topological polar surface area (TPSA) is 61.4 Å². The average Bonchev–Trinajstić information content (AvgIpc) is 3.91. The van der Waals surface area contributed by atoms with E-state index < -0.39 is 0 Å². The van der Waals surface area contributed by atoms with Crippen LogP contribution in [-0.4, -0.2) is 29.1 Å². The number of para-hydroxylation sites is 2. The lowest BCUT2D eigenvalue weighted by Gasteiger charge is -2.12. The highest BCUT2D eigenvalue weighted by Crippen LogP contribution is 2.43. The summed E-state index contributed by atoms with van der Waals surface area (Å²) in [5.74, 6) is 2.73. The first-order valence-electron chi connectivity index (χ1n) is 17.6. The summed E-state index contributed by atoms with van der Waals surface area (Å²) in [4.78, 5) is 20.6. The van der Waals surface area contributed by atoms with E-state index in [0.717, 1.165) is 61.0 Å².